The number of hydrogen-bond donors (Lipinski definition) is 1. The van der Waals surface area contributed by atoms with E-state index in [1.807, 2.05) is 18.5 Å². The SMILES string of the molecule is O=c1cnc2ccn(-c3cncc(-c4cn(Cc5cn6cc(CNCC7CCC7)ccc6n5)nn4)c3)c2o1. The highest BCUT2D eigenvalue weighted by Gasteiger charge is 2.16. The Morgan fingerprint density at radius 2 is 2.03 bits per heavy atom. The molecule has 6 heterocycles. The van der Waals surface area contributed by atoms with Crippen LogP contribution in [0.25, 0.3) is 33.8 Å². The van der Waals surface area contributed by atoms with Gasteiger partial charge in [0, 0.05) is 36.9 Å². The van der Waals surface area contributed by atoms with Gasteiger partial charge in [0.25, 0.3) is 0 Å². The molecule has 0 atom stereocenters. The molecule has 0 unspecified atom stereocenters. The largest absolute Gasteiger partial charge is 0.402 e. The molecule has 1 N–H and O–H groups in total. The minimum Gasteiger partial charge on any atom is -0.402 e. The van der Waals surface area contributed by atoms with Gasteiger partial charge in [0.1, 0.15) is 23.1 Å². The van der Waals surface area contributed by atoms with E-state index in [1.165, 1.54) is 24.8 Å². The molecule has 0 aromatic carbocycles. The second kappa shape index (κ2) is 9.34. The number of hydrogen-bond acceptors (Lipinski definition) is 8. The Kier molecular flexibility index (Phi) is 5.54. The van der Waals surface area contributed by atoms with Gasteiger partial charge in [-0.2, -0.15) is 0 Å². The van der Waals surface area contributed by atoms with Crippen molar-refractivity contribution in [3.05, 3.63) is 89.3 Å². The molecule has 1 aliphatic carbocycles. The molecule has 0 amide bonds. The normalized spacial score (nSPS) is 13.9. The van der Waals surface area contributed by atoms with Crippen LogP contribution in [0.3, 0.4) is 0 Å². The van der Waals surface area contributed by atoms with E-state index in [0.717, 1.165) is 47.8 Å². The van der Waals surface area contributed by atoms with Crippen LogP contribution in [-0.2, 0) is 13.1 Å². The predicted octanol–water partition coefficient (Wildman–Crippen LogP) is 3.22. The Balaban J connectivity index is 1.08. The first kappa shape index (κ1) is 22.5. The monoisotopic (exact) mass is 507 g/mol. The van der Waals surface area contributed by atoms with Gasteiger partial charge in [0.2, 0.25) is 5.71 Å². The summed E-state index contributed by atoms with van der Waals surface area (Å²) in [5.74, 6) is 0.845. The molecule has 0 bridgehead atoms. The van der Waals surface area contributed by atoms with Gasteiger partial charge in [0.05, 0.1) is 30.3 Å². The van der Waals surface area contributed by atoms with Crippen LogP contribution in [0.5, 0.6) is 0 Å². The van der Waals surface area contributed by atoms with Crippen LogP contribution in [0.15, 0.2) is 76.9 Å². The molecule has 190 valence electrons. The first-order valence-electron chi connectivity index (χ1n) is 12.7. The summed E-state index contributed by atoms with van der Waals surface area (Å²) in [6.07, 6.45) is 16.5. The van der Waals surface area contributed by atoms with Crippen molar-refractivity contribution >= 4 is 16.9 Å². The van der Waals surface area contributed by atoms with Crippen molar-refractivity contribution in [1.82, 2.24) is 44.2 Å². The smallest absolute Gasteiger partial charge is 0.356 e. The molecular weight excluding hydrogens is 482 g/mol. The summed E-state index contributed by atoms with van der Waals surface area (Å²) in [4.78, 5) is 24.9. The van der Waals surface area contributed by atoms with E-state index in [0.29, 0.717) is 23.5 Å². The van der Waals surface area contributed by atoms with Crippen molar-refractivity contribution in [2.75, 3.05) is 6.54 Å². The Labute approximate surface area is 216 Å². The summed E-state index contributed by atoms with van der Waals surface area (Å²) in [6, 6.07) is 7.88. The zero-order valence-corrected chi connectivity index (χ0v) is 20.6. The third-order valence-electron chi connectivity index (χ3n) is 7.04. The molecule has 6 aromatic rings. The van der Waals surface area contributed by atoms with Gasteiger partial charge < -0.3 is 14.1 Å². The maximum atomic E-state index is 11.7. The summed E-state index contributed by atoms with van der Waals surface area (Å²) in [7, 11) is 0. The number of imidazole rings is 1. The molecule has 1 fully saturated rings. The number of nitrogens with one attached hydrogen (secondary N) is 1. The van der Waals surface area contributed by atoms with Gasteiger partial charge in [-0.25, -0.2) is 19.4 Å². The Morgan fingerprint density at radius 3 is 2.92 bits per heavy atom. The first-order chi connectivity index (χ1) is 18.7. The topological polar surface area (TPSA) is 121 Å². The lowest BCUT2D eigenvalue weighted by Gasteiger charge is -2.25. The van der Waals surface area contributed by atoms with Gasteiger partial charge in [-0.1, -0.05) is 17.7 Å². The van der Waals surface area contributed by atoms with Crippen molar-refractivity contribution in [3.63, 3.8) is 0 Å². The molecular formula is C27H25N9O2. The van der Waals surface area contributed by atoms with Gasteiger partial charge in [-0.3, -0.25) is 9.55 Å². The Hall–Kier alpha value is -4.64. The fourth-order valence-electron chi connectivity index (χ4n) is 4.82. The Bertz CT molecular complexity index is 1810. The van der Waals surface area contributed by atoms with Crippen molar-refractivity contribution in [3.8, 4) is 16.9 Å². The van der Waals surface area contributed by atoms with E-state index in [4.69, 9.17) is 9.40 Å². The zero-order valence-electron chi connectivity index (χ0n) is 20.6. The molecule has 1 aliphatic rings. The molecule has 6 aromatic heterocycles. The van der Waals surface area contributed by atoms with E-state index in [9.17, 15) is 4.79 Å². The fourth-order valence-corrected chi connectivity index (χ4v) is 4.82. The summed E-state index contributed by atoms with van der Waals surface area (Å²) < 4.78 is 10.9. The van der Waals surface area contributed by atoms with Crippen LogP contribution in [0, 0.1) is 5.92 Å². The summed E-state index contributed by atoms with van der Waals surface area (Å²) in [5.41, 5.74) is 5.68. The average Bonchev–Trinajstić information content (AvgIpc) is 3.63. The van der Waals surface area contributed by atoms with Crippen LogP contribution in [0.2, 0.25) is 0 Å². The molecule has 1 saturated carbocycles. The molecule has 0 radical (unpaired) electrons. The van der Waals surface area contributed by atoms with Crippen molar-refractivity contribution < 1.29 is 4.42 Å². The molecule has 0 saturated heterocycles. The van der Waals surface area contributed by atoms with Crippen molar-refractivity contribution in [2.24, 2.45) is 5.92 Å². The summed E-state index contributed by atoms with van der Waals surface area (Å²) in [6.45, 7) is 2.45. The molecule has 0 aliphatic heterocycles. The van der Waals surface area contributed by atoms with E-state index in [-0.39, 0.29) is 0 Å². The molecule has 11 heteroatoms. The molecule has 0 spiro atoms. The molecule has 7 rings (SSSR count). The lowest BCUT2D eigenvalue weighted by atomic mass is 9.85. The van der Waals surface area contributed by atoms with E-state index in [2.05, 4.69) is 48.3 Å². The van der Waals surface area contributed by atoms with Gasteiger partial charge in [-0.05, 0) is 49.1 Å². The average molecular weight is 508 g/mol. The maximum absolute atomic E-state index is 11.7. The van der Waals surface area contributed by atoms with E-state index in [1.54, 1.807) is 33.9 Å². The van der Waals surface area contributed by atoms with E-state index < -0.39 is 5.63 Å². The second-order valence-electron chi connectivity index (χ2n) is 9.75. The fraction of sp³-hybridized carbons (Fsp3) is 0.259. The number of aromatic nitrogens is 8. The quantitative estimate of drug-likeness (QED) is 0.333. The number of fused-ring (bicyclic) bond motifs is 2. The maximum Gasteiger partial charge on any atom is 0.356 e. The molecule has 11 nitrogen and oxygen atoms in total. The predicted molar refractivity (Wildman–Crippen MR) is 140 cm³/mol. The summed E-state index contributed by atoms with van der Waals surface area (Å²) >= 11 is 0. The number of nitrogens with zero attached hydrogens (tertiary/aromatic N) is 8. The van der Waals surface area contributed by atoms with E-state index >= 15 is 0 Å². The van der Waals surface area contributed by atoms with Crippen LogP contribution in [-0.4, -0.2) is 45.5 Å². The third-order valence-corrected chi connectivity index (χ3v) is 7.04. The van der Waals surface area contributed by atoms with Gasteiger partial charge in [0.15, 0.2) is 0 Å². The number of pyridine rings is 2. The van der Waals surface area contributed by atoms with Gasteiger partial charge in [-0.15, -0.1) is 5.10 Å². The second-order valence-corrected chi connectivity index (χ2v) is 9.75. The van der Waals surface area contributed by atoms with Gasteiger partial charge >= 0.3 is 5.63 Å². The highest BCUT2D eigenvalue weighted by atomic mass is 16.4. The third kappa shape index (κ3) is 4.37. The number of rotatable bonds is 8. The molecule has 38 heavy (non-hydrogen) atoms. The first-order valence-corrected chi connectivity index (χ1v) is 12.7. The van der Waals surface area contributed by atoms with Crippen LogP contribution < -0.4 is 10.9 Å². The van der Waals surface area contributed by atoms with Crippen LogP contribution >= 0.6 is 0 Å². The summed E-state index contributed by atoms with van der Waals surface area (Å²) in [5, 5.41) is 12.2. The van der Waals surface area contributed by atoms with Crippen LogP contribution in [0.1, 0.15) is 30.5 Å². The lowest BCUT2D eigenvalue weighted by molar-refractivity contribution is 0.301. The highest BCUT2D eigenvalue weighted by Crippen LogP contribution is 2.25. The standard InChI is InChI=1S/C27H25N9O2/c37-26-13-30-23-6-7-36(27(23)38-26)22-8-20(11-29-12-22)24-17-35(33-32-24)16-21-15-34-14-19(4-5-25(34)31-21)10-28-9-18-2-1-3-18/h4-8,11-15,17-18,28H,1-3,9-10,16H2. The highest BCUT2D eigenvalue weighted by molar-refractivity contribution is 5.72. The van der Waals surface area contributed by atoms with Crippen LogP contribution in [0.4, 0.5) is 0 Å². The van der Waals surface area contributed by atoms with Crippen molar-refractivity contribution in [1.29, 1.82) is 0 Å². The minimum absolute atomic E-state index is 0.365. The lowest BCUT2D eigenvalue weighted by Crippen LogP contribution is -2.26. The Morgan fingerprint density at radius 1 is 1.08 bits per heavy atom. The van der Waals surface area contributed by atoms with Crippen molar-refractivity contribution in [2.45, 2.75) is 32.4 Å². The zero-order chi connectivity index (χ0) is 25.5. The minimum atomic E-state index is -0.506.